The molecular weight excluding hydrogens is 323 g/mol. The number of halogens is 2. The maximum absolute atomic E-state index is 12.1. The fourth-order valence-electron chi connectivity index (χ4n) is 1.74. The smallest absolute Gasteiger partial charge is 0.255 e. The molecule has 2 aromatic rings. The molecule has 0 atom stereocenters. The number of rotatable bonds is 4. The Labute approximate surface area is 138 Å². The number of amides is 2. The molecule has 0 spiro atoms. The summed E-state index contributed by atoms with van der Waals surface area (Å²) in [7, 11) is 0. The van der Waals surface area contributed by atoms with Crippen LogP contribution in [0.15, 0.2) is 42.5 Å². The SMILES string of the molecule is CCC(=O)Nc1cc(NC(=O)c2ccc(Cl)cc2)ccc1Cl. The molecule has 0 saturated heterocycles. The molecule has 6 heteroatoms. The number of carbonyl (C=O) groups excluding carboxylic acids is 2. The number of hydrogen-bond donors (Lipinski definition) is 2. The zero-order valence-electron chi connectivity index (χ0n) is 11.8. The van der Waals surface area contributed by atoms with E-state index in [9.17, 15) is 9.59 Å². The zero-order valence-corrected chi connectivity index (χ0v) is 13.3. The molecule has 0 aliphatic rings. The van der Waals surface area contributed by atoms with Crippen molar-refractivity contribution in [2.45, 2.75) is 13.3 Å². The lowest BCUT2D eigenvalue weighted by molar-refractivity contribution is -0.115. The van der Waals surface area contributed by atoms with Crippen molar-refractivity contribution < 1.29 is 9.59 Å². The van der Waals surface area contributed by atoms with Crippen molar-refractivity contribution in [3.63, 3.8) is 0 Å². The normalized spacial score (nSPS) is 10.1. The van der Waals surface area contributed by atoms with E-state index in [1.54, 1.807) is 49.4 Å². The molecular formula is C16H14Cl2N2O2. The van der Waals surface area contributed by atoms with E-state index in [-0.39, 0.29) is 11.8 Å². The highest BCUT2D eigenvalue weighted by atomic mass is 35.5. The van der Waals surface area contributed by atoms with E-state index in [4.69, 9.17) is 23.2 Å². The van der Waals surface area contributed by atoms with Gasteiger partial charge < -0.3 is 10.6 Å². The summed E-state index contributed by atoms with van der Waals surface area (Å²) in [5.74, 6) is -0.421. The highest BCUT2D eigenvalue weighted by molar-refractivity contribution is 6.34. The first-order chi connectivity index (χ1) is 10.5. The summed E-state index contributed by atoms with van der Waals surface area (Å²) in [5.41, 5.74) is 1.48. The number of benzene rings is 2. The lowest BCUT2D eigenvalue weighted by Gasteiger charge is -2.10. The molecule has 2 N–H and O–H groups in total. The molecule has 0 aromatic heterocycles. The van der Waals surface area contributed by atoms with Crippen LogP contribution < -0.4 is 10.6 Å². The van der Waals surface area contributed by atoms with Gasteiger partial charge in [-0.3, -0.25) is 9.59 Å². The number of anilines is 2. The van der Waals surface area contributed by atoms with E-state index < -0.39 is 0 Å². The summed E-state index contributed by atoms with van der Waals surface area (Å²) in [6.45, 7) is 1.75. The molecule has 0 radical (unpaired) electrons. The van der Waals surface area contributed by atoms with Crippen molar-refractivity contribution in [3.8, 4) is 0 Å². The maximum Gasteiger partial charge on any atom is 0.255 e. The molecule has 2 aromatic carbocycles. The quantitative estimate of drug-likeness (QED) is 0.857. The summed E-state index contributed by atoms with van der Waals surface area (Å²) >= 11 is 11.8. The minimum Gasteiger partial charge on any atom is -0.325 e. The Morgan fingerprint density at radius 3 is 2.32 bits per heavy atom. The first kappa shape index (κ1) is 16.3. The second-order valence-corrected chi connectivity index (χ2v) is 5.40. The molecule has 0 bridgehead atoms. The Morgan fingerprint density at radius 2 is 1.68 bits per heavy atom. The lowest BCUT2D eigenvalue weighted by atomic mass is 10.2. The summed E-state index contributed by atoms with van der Waals surface area (Å²) in [6, 6.07) is 11.4. The standard InChI is InChI=1S/C16H14Cl2N2O2/c1-2-15(21)20-14-9-12(7-8-13(14)18)19-16(22)10-3-5-11(17)6-4-10/h3-9H,2H2,1H3,(H,19,22)(H,20,21). The van der Waals surface area contributed by atoms with E-state index in [0.717, 1.165) is 0 Å². The second kappa shape index (κ2) is 7.29. The van der Waals surface area contributed by atoms with Gasteiger partial charge in [-0.1, -0.05) is 30.1 Å². The van der Waals surface area contributed by atoms with Crippen LogP contribution in [0.3, 0.4) is 0 Å². The molecule has 22 heavy (non-hydrogen) atoms. The first-order valence-electron chi connectivity index (χ1n) is 6.66. The molecule has 0 saturated carbocycles. The minimum atomic E-state index is -0.272. The number of hydrogen-bond acceptors (Lipinski definition) is 2. The summed E-state index contributed by atoms with van der Waals surface area (Å²) in [5, 5.41) is 6.40. The molecule has 114 valence electrons. The van der Waals surface area contributed by atoms with Gasteiger partial charge in [0.05, 0.1) is 10.7 Å². The molecule has 0 aliphatic carbocycles. The first-order valence-corrected chi connectivity index (χ1v) is 7.41. The fourth-order valence-corrected chi connectivity index (χ4v) is 2.03. The monoisotopic (exact) mass is 336 g/mol. The third-order valence-corrected chi connectivity index (χ3v) is 3.51. The fraction of sp³-hybridized carbons (Fsp3) is 0.125. The van der Waals surface area contributed by atoms with Crippen LogP contribution in [-0.2, 0) is 4.79 Å². The Morgan fingerprint density at radius 1 is 1.00 bits per heavy atom. The number of nitrogens with one attached hydrogen (secondary N) is 2. The third-order valence-electron chi connectivity index (χ3n) is 2.93. The average molecular weight is 337 g/mol. The van der Waals surface area contributed by atoms with Gasteiger partial charge in [0.15, 0.2) is 0 Å². The van der Waals surface area contributed by atoms with Gasteiger partial charge in [0, 0.05) is 22.7 Å². The molecule has 0 fully saturated rings. The Bertz CT molecular complexity index is 700. The summed E-state index contributed by atoms with van der Waals surface area (Å²) in [4.78, 5) is 23.6. The third kappa shape index (κ3) is 4.23. The molecule has 2 rings (SSSR count). The van der Waals surface area contributed by atoms with Crippen molar-refractivity contribution in [3.05, 3.63) is 58.1 Å². The van der Waals surface area contributed by atoms with E-state index in [1.165, 1.54) is 0 Å². The number of carbonyl (C=O) groups is 2. The van der Waals surface area contributed by atoms with Crippen LogP contribution in [0.2, 0.25) is 10.0 Å². The van der Waals surface area contributed by atoms with Gasteiger partial charge in [0.1, 0.15) is 0 Å². The van der Waals surface area contributed by atoms with Gasteiger partial charge in [-0.05, 0) is 42.5 Å². The van der Waals surface area contributed by atoms with Crippen LogP contribution in [-0.4, -0.2) is 11.8 Å². The van der Waals surface area contributed by atoms with Crippen LogP contribution >= 0.6 is 23.2 Å². The summed E-state index contributed by atoms with van der Waals surface area (Å²) in [6.07, 6.45) is 0.345. The van der Waals surface area contributed by atoms with Crippen LogP contribution in [0.5, 0.6) is 0 Å². The van der Waals surface area contributed by atoms with Crippen molar-refractivity contribution in [1.29, 1.82) is 0 Å². The topological polar surface area (TPSA) is 58.2 Å². The Kier molecular flexibility index (Phi) is 5.41. The average Bonchev–Trinajstić information content (AvgIpc) is 2.51. The van der Waals surface area contributed by atoms with Crippen LogP contribution in [0.1, 0.15) is 23.7 Å². The van der Waals surface area contributed by atoms with Crippen molar-refractivity contribution >= 4 is 46.4 Å². The summed E-state index contributed by atoms with van der Waals surface area (Å²) < 4.78 is 0. The van der Waals surface area contributed by atoms with Gasteiger partial charge in [0.25, 0.3) is 5.91 Å². The van der Waals surface area contributed by atoms with Gasteiger partial charge >= 0.3 is 0 Å². The minimum absolute atomic E-state index is 0.150. The Hall–Kier alpha value is -2.04. The molecule has 0 unspecified atom stereocenters. The van der Waals surface area contributed by atoms with Gasteiger partial charge in [-0.2, -0.15) is 0 Å². The Balaban J connectivity index is 2.15. The lowest BCUT2D eigenvalue weighted by Crippen LogP contribution is -2.13. The van der Waals surface area contributed by atoms with E-state index in [2.05, 4.69) is 10.6 Å². The molecule has 0 aliphatic heterocycles. The zero-order chi connectivity index (χ0) is 16.1. The van der Waals surface area contributed by atoms with Gasteiger partial charge in [-0.25, -0.2) is 0 Å². The van der Waals surface area contributed by atoms with Crippen molar-refractivity contribution in [2.75, 3.05) is 10.6 Å². The van der Waals surface area contributed by atoms with Crippen LogP contribution in [0.25, 0.3) is 0 Å². The van der Waals surface area contributed by atoms with E-state index >= 15 is 0 Å². The van der Waals surface area contributed by atoms with E-state index in [1.807, 2.05) is 0 Å². The second-order valence-electron chi connectivity index (χ2n) is 4.56. The maximum atomic E-state index is 12.1. The van der Waals surface area contributed by atoms with E-state index in [0.29, 0.717) is 33.4 Å². The molecule has 4 nitrogen and oxygen atoms in total. The molecule has 2 amide bonds. The highest BCUT2D eigenvalue weighted by Crippen LogP contribution is 2.26. The predicted octanol–water partition coefficient (Wildman–Crippen LogP) is 4.59. The van der Waals surface area contributed by atoms with Gasteiger partial charge in [-0.15, -0.1) is 0 Å². The van der Waals surface area contributed by atoms with Crippen LogP contribution in [0.4, 0.5) is 11.4 Å². The van der Waals surface area contributed by atoms with Crippen molar-refractivity contribution in [2.24, 2.45) is 0 Å². The van der Waals surface area contributed by atoms with Gasteiger partial charge in [0.2, 0.25) is 5.91 Å². The van der Waals surface area contributed by atoms with Crippen molar-refractivity contribution in [1.82, 2.24) is 0 Å². The predicted molar refractivity (Wildman–Crippen MR) is 89.8 cm³/mol. The van der Waals surface area contributed by atoms with Crippen LogP contribution in [0, 0.1) is 0 Å². The largest absolute Gasteiger partial charge is 0.325 e. The highest BCUT2D eigenvalue weighted by Gasteiger charge is 2.09. The molecule has 0 heterocycles.